The van der Waals surface area contributed by atoms with Gasteiger partial charge < -0.3 is 5.11 Å². The van der Waals surface area contributed by atoms with Crippen molar-refractivity contribution in [3.8, 4) is 5.75 Å². The molecule has 3 heteroatoms. The van der Waals surface area contributed by atoms with E-state index in [9.17, 15) is 9.50 Å². The van der Waals surface area contributed by atoms with Gasteiger partial charge in [-0.1, -0.05) is 31.7 Å². The topological polar surface area (TPSA) is 23.5 Å². The summed E-state index contributed by atoms with van der Waals surface area (Å²) in [6.45, 7) is 2.08. The van der Waals surface area contributed by atoms with Gasteiger partial charge in [-0.3, -0.25) is 4.90 Å². The smallest absolute Gasteiger partial charge is 0.126 e. The lowest BCUT2D eigenvalue weighted by Gasteiger charge is -2.33. The predicted molar refractivity (Wildman–Crippen MR) is 75.7 cm³/mol. The van der Waals surface area contributed by atoms with E-state index in [1.165, 1.54) is 50.7 Å². The first-order valence-corrected chi connectivity index (χ1v) is 7.30. The van der Waals surface area contributed by atoms with Gasteiger partial charge in [-0.25, -0.2) is 4.39 Å². The average molecular weight is 265 g/mol. The van der Waals surface area contributed by atoms with Crippen LogP contribution in [0, 0.1) is 5.82 Å². The zero-order valence-corrected chi connectivity index (χ0v) is 11.9. The maximum absolute atomic E-state index is 13.0. The summed E-state index contributed by atoms with van der Waals surface area (Å²) in [5, 5.41) is 9.90. The first kappa shape index (κ1) is 14.3. The number of aromatic hydroxyl groups is 1. The molecule has 0 heterocycles. The van der Waals surface area contributed by atoms with E-state index in [1.807, 2.05) is 0 Å². The fourth-order valence-corrected chi connectivity index (χ4v) is 3.07. The van der Waals surface area contributed by atoms with Crippen molar-refractivity contribution in [2.75, 3.05) is 7.05 Å². The fourth-order valence-electron chi connectivity index (χ4n) is 3.07. The van der Waals surface area contributed by atoms with Crippen molar-refractivity contribution >= 4 is 0 Å². The maximum atomic E-state index is 13.0. The van der Waals surface area contributed by atoms with Crippen molar-refractivity contribution in [3.05, 3.63) is 29.6 Å². The van der Waals surface area contributed by atoms with Crippen molar-refractivity contribution in [1.29, 1.82) is 0 Å². The largest absolute Gasteiger partial charge is 0.508 e. The average Bonchev–Trinajstić information content (AvgIpc) is 2.66. The second-order valence-corrected chi connectivity index (χ2v) is 5.69. The normalized spacial score (nSPS) is 19.4. The van der Waals surface area contributed by atoms with E-state index >= 15 is 0 Å². The molecule has 0 saturated heterocycles. The van der Waals surface area contributed by atoms with Crippen LogP contribution in [0.15, 0.2) is 18.2 Å². The van der Waals surface area contributed by atoms with Crippen LogP contribution >= 0.6 is 0 Å². The Kier molecular flexibility index (Phi) is 4.81. The molecule has 0 amide bonds. The van der Waals surface area contributed by atoms with Crippen molar-refractivity contribution in [3.63, 3.8) is 0 Å². The Morgan fingerprint density at radius 1 is 1.21 bits per heavy atom. The number of hydrogen-bond acceptors (Lipinski definition) is 2. The van der Waals surface area contributed by atoms with Gasteiger partial charge in [0.2, 0.25) is 0 Å². The molecule has 1 unspecified atom stereocenters. The minimum absolute atomic E-state index is 0.0629. The van der Waals surface area contributed by atoms with Gasteiger partial charge in [-0.05, 0) is 32.9 Å². The summed E-state index contributed by atoms with van der Waals surface area (Å²) in [4.78, 5) is 2.33. The third-order valence-corrected chi connectivity index (χ3v) is 4.45. The third-order valence-electron chi connectivity index (χ3n) is 4.45. The summed E-state index contributed by atoms with van der Waals surface area (Å²) < 4.78 is 13.0. The Labute approximate surface area is 115 Å². The molecule has 1 aromatic rings. The highest BCUT2D eigenvalue weighted by Crippen LogP contribution is 2.32. The molecular weight excluding hydrogens is 241 g/mol. The van der Waals surface area contributed by atoms with Gasteiger partial charge in [0.05, 0.1) is 0 Å². The number of rotatable bonds is 3. The van der Waals surface area contributed by atoms with Gasteiger partial charge >= 0.3 is 0 Å². The van der Waals surface area contributed by atoms with Crippen LogP contribution in [0.2, 0.25) is 0 Å². The van der Waals surface area contributed by atoms with Crippen LogP contribution in [0.4, 0.5) is 4.39 Å². The Bertz CT molecular complexity index is 413. The van der Waals surface area contributed by atoms with E-state index in [0.29, 0.717) is 6.04 Å². The van der Waals surface area contributed by atoms with E-state index in [-0.39, 0.29) is 17.6 Å². The van der Waals surface area contributed by atoms with Crippen LogP contribution in [0.5, 0.6) is 5.75 Å². The third kappa shape index (κ3) is 3.47. The Hall–Kier alpha value is -1.09. The van der Waals surface area contributed by atoms with Crippen molar-refractivity contribution in [2.24, 2.45) is 0 Å². The quantitative estimate of drug-likeness (QED) is 0.826. The van der Waals surface area contributed by atoms with Crippen LogP contribution in [0.3, 0.4) is 0 Å². The Morgan fingerprint density at radius 3 is 2.42 bits per heavy atom. The lowest BCUT2D eigenvalue weighted by atomic mass is 10.0. The molecule has 2 rings (SSSR count). The summed E-state index contributed by atoms with van der Waals surface area (Å²) in [5.41, 5.74) is 0.813. The van der Waals surface area contributed by atoms with Crippen molar-refractivity contribution in [2.45, 2.75) is 57.5 Å². The molecule has 19 heavy (non-hydrogen) atoms. The van der Waals surface area contributed by atoms with E-state index in [4.69, 9.17) is 0 Å². The zero-order valence-electron chi connectivity index (χ0n) is 11.9. The molecule has 1 atom stereocenters. The SMILES string of the molecule is CC(c1ccc(F)cc1O)N(C)C1CCCCCC1. The highest BCUT2D eigenvalue weighted by Gasteiger charge is 2.23. The molecule has 1 fully saturated rings. The van der Waals surface area contributed by atoms with Crippen molar-refractivity contribution in [1.82, 2.24) is 4.90 Å². The fraction of sp³-hybridized carbons (Fsp3) is 0.625. The molecular formula is C16H24FNO. The zero-order chi connectivity index (χ0) is 13.8. The molecule has 106 valence electrons. The summed E-state index contributed by atoms with van der Waals surface area (Å²) >= 11 is 0. The number of nitrogens with zero attached hydrogens (tertiary/aromatic N) is 1. The molecule has 1 N–H and O–H groups in total. The van der Waals surface area contributed by atoms with E-state index < -0.39 is 0 Å². The minimum Gasteiger partial charge on any atom is -0.508 e. The molecule has 1 saturated carbocycles. The summed E-state index contributed by atoms with van der Waals surface area (Å²) in [6.07, 6.45) is 7.70. The van der Waals surface area contributed by atoms with Gasteiger partial charge in [0.1, 0.15) is 11.6 Å². The maximum Gasteiger partial charge on any atom is 0.126 e. The lowest BCUT2D eigenvalue weighted by Crippen LogP contribution is -2.33. The highest BCUT2D eigenvalue weighted by molar-refractivity contribution is 5.35. The summed E-state index contributed by atoms with van der Waals surface area (Å²) in [6, 6.07) is 5.01. The first-order valence-electron chi connectivity index (χ1n) is 7.30. The Morgan fingerprint density at radius 2 is 1.84 bits per heavy atom. The number of halogens is 1. The standard InChI is InChI=1S/C16H24FNO/c1-12(15-10-9-13(17)11-16(15)19)18(2)14-7-5-3-4-6-8-14/h9-12,14,19H,3-8H2,1-2H3. The van der Waals surface area contributed by atoms with Crippen LogP contribution < -0.4 is 0 Å². The molecule has 0 aliphatic heterocycles. The lowest BCUT2D eigenvalue weighted by molar-refractivity contribution is 0.166. The number of benzene rings is 1. The molecule has 0 spiro atoms. The van der Waals surface area contributed by atoms with Crippen LogP contribution in [-0.4, -0.2) is 23.1 Å². The monoisotopic (exact) mass is 265 g/mol. The second kappa shape index (κ2) is 6.38. The van der Waals surface area contributed by atoms with E-state index in [0.717, 1.165) is 5.56 Å². The Balaban J connectivity index is 2.10. The first-order chi connectivity index (χ1) is 9.09. The molecule has 1 aliphatic rings. The van der Waals surface area contributed by atoms with E-state index in [1.54, 1.807) is 6.07 Å². The van der Waals surface area contributed by atoms with E-state index in [2.05, 4.69) is 18.9 Å². The van der Waals surface area contributed by atoms with Crippen LogP contribution in [0.25, 0.3) is 0 Å². The van der Waals surface area contributed by atoms with Gasteiger partial charge in [-0.2, -0.15) is 0 Å². The second-order valence-electron chi connectivity index (χ2n) is 5.69. The number of hydrogen-bond donors (Lipinski definition) is 1. The molecule has 0 aromatic heterocycles. The molecule has 0 bridgehead atoms. The van der Waals surface area contributed by atoms with Crippen LogP contribution in [-0.2, 0) is 0 Å². The number of phenols is 1. The molecule has 0 radical (unpaired) electrons. The van der Waals surface area contributed by atoms with Gasteiger partial charge in [0.25, 0.3) is 0 Å². The molecule has 1 aliphatic carbocycles. The van der Waals surface area contributed by atoms with Gasteiger partial charge in [0.15, 0.2) is 0 Å². The van der Waals surface area contributed by atoms with Gasteiger partial charge in [-0.15, -0.1) is 0 Å². The summed E-state index contributed by atoms with van der Waals surface area (Å²) in [5.74, 6) is -0.321. The highest BCUT2D eigenvalue weighted by atomic mass is 19.1. The minimum atomic E-state index is -0.384. The molecule has 2 nitrogen and oxygen atoms in total. The van der Waals surface area contributed by atoms with Crippen LogP contribution in [0.1, 0.15) is 57.1 Å². The predicted octanol–water partition coefficient (Wildman–Crippen LogP) is 4.25. The van der Waals surface area contributed by atoms with Crippen molar-refractivity contribution < 1.29 is 9.50 Å². The number of phenolic OH excluding ortho intramolecular Hbond substituents is 1. The molecule has 1 aromatic carbocycles. The van der Waals surface area contributed by atoms with Gasteiger partial charge in [0, 0.05) is 23.7 Å². The summed E-state index contributed by atoms with van der Waals surface area (Å²) in [7, 11) is 2.11.